The van der Waals surface area contributed by atoms with Gasteiger partial charge in [0.15, 0.2) is 0 Å². The van der Waals surface area contributed by atoms with Gasteiger partial charge in [-0.1, -0.05) is 13.8 Å². The Labute approximate surface area is 91.7 Å². The third-order valence-electron chi connectivity index (χ3n) is 3.13. The Bertz CT molecular complexity index is 340. The molecule has 0 spiro atoms. The Morgan fingerprint density at radius 2 is 2.27 bits per heavy atom. The number of hydrogen-bond acceptors (Lipinski definition) is 2. The summed E-state index contributed by atoms with van der Waals surface area (Å²) >= 11 is 0. The van der Waals surface area contributed by atoms with Gasteiger partial charge in [-0.3, -0.25) is 4.98 Å². The fraction of sp³-hybridized carbons (Fsp3) is 0.615. The summed E-state index contributed by atoms with van der Waals surface area (Å²) in [6.45, 7) is 8.39. The molecule has 0 bridgehead atoms. The van der Waals surface area contributed by atoms with Gasteiger partial charge >= 0.3 is 0 Å². The van der Waals surface area contributed by atoms with E-state index < -0.39 is 0 Å². The van der Waals surface area contributed by atoms with E-state index >= 15 is 0 Å². The van der Waals surface area contributed by atoms with Crippen LogP contribution in [0.5, 0.6) is 0 Å². The van der Waals surface area contributed by atoms with Crippen molar-refractivity contribution in [1.82, 2.24) is 4.98 Å². The predicted molar refractivity (Wildman–Crippen MR) is 61.2 cm³/mol. The van der Waals surface area contributed by atoms with Gasteiger partial charge < -0.3 is 4.74 Å². The van der Waals surface area contributed by atoms with Crippen LogP contribution in [0.4, 0.5) is 0 Å². The first-order valence-corrected chi connectivity index (χ1v) is 5.73. The first-order chi connectivity index (χ1) is 7.20. The van der Waals surface area contributed by atoms with Gasteiger partial charge in [0.1, 0.15) is 0 Å². The highest BCUT2D eigenvalue weighted by Crippen LogP contribution is 2.31. The Morgan fingerprint density at radius 1 is 1.47 bits per heavy atom. The van der Waals surface area contributed by atoms with E-state index in [9.17, 15) is 0 Å². The minimum absolute atomic E-state index is 0.516. The fourth-order valence-electron chi connectivity index (χ4n) is 2.42. The zero-order valence-corrected chi connectivity index (χ0v) is 9.79. The Hall–Kier alpha value is -0.890. The predicted octanol–water partition coefficient (Wildman–Crippen LogP) is 3.02. The highest BCUT2D eigenvalue weighted by Gasteiger charge is 2.23. The van der Waals surface area contributed by atoms with Crippen LogP contribution in [0.2, 0.25) is 0 Å². The van der Waals surface area contributed by atoms with Crippen LogP contribution in [-0.4, -0.2) is 18.2 Å². The van der Waals surface area contributed by atoms with Crippen LogP contribution in [0.25, 0.3) is 0 Å². The quantitative estimate of drug-likeness (QED) is 0.740. The molecular formula is C13H19NO. The minimum Gasteiger partial charge on any atom is -0.381 e. The van der Waals surface area contributed by atoms with Crippen molar-refractivity contribution in [3.8, 4) is 0 Å². The van der Waals surface area contributed by atoms with E-state index in [0.717, 1.165) is 19.6 Å². The SMILES string of the molecule is Cc1ccnc(C2CCOC2)c1C(C)C. The molecule has 1 aromatic heterocycles. The van der Waals surface area contributed by atoms with Crippen molar-refractivity contribution in [3.05, 3.63) is 29.1 Å². The van der Waals surface area contributed by atoms with E-state index in [1.165, 1.54) is 16.8 Å². The maximum absolute atomic E-state index is 5.45. The molecule has 1 aliphatic heterocycles. The number of rotatable bonds is 2. The first kappa shape index (κ1) is 10.6. The number of aromatic nitrogens is 1. The van der Waals surface area contributed by atoms with Crippen LogP contribution < -0.4 is 0 Å². The molecule has 1 atom stereocenters. The van der Waals surface area contributed by atoms with Gasteiger partial charge in [0.05, 0.1) is 6.61 Å². The molecule has 1 aliphatic rings. The summed E-state index contributed by atoms with van der Waals surface area (Å²) in [7, 11) is 0. The molecule has 15 heavy (non-hydrogen) atoms. The average Bonchev–Trinajstić information content (AvgIpc) is 2.69. The van der Waals surface area contributed by atoms with Gasteiger partial charge in [-0.05, 0) is 36.5 Å². The molecule has 1 unspecified atom stereocenters. The van der Waals surface area contributed by atoms with Crippen molar-refractivity contribution in [2.45, 2.75) is 39.0 Å². The summed E-state index contributed by atoms with van der Waals surface area (Å²) in [6, 6.07) is 2.11. The second kappa shape index (κ2) is 4.31. The Balaban J connectivity index is 2.40. The molecule has 2 heterocycles. The molecule has 0 aliphatic carbocycles. The Kier molecular flexibility index (Phi) is 3.06. The summed E-state index contributed by atoms with van der Waals surface area (Å²) in [5, 5.41) is 0. The van der Waals surface area contributed by atoms with Crippen molar-refractivity contribution >= 4 is 0 Å². The second-order valence-corrected chi connectivity index (χ2v) is 4.64. The monoisotopic (exact) mass is 205 g/mol. The molecule has 0 saturated carbocycles. The van der Waals surface area contributed by atoms with Crippen LogP contribution in [0.15, 0.2) is 12.3 Å². The molecule has 1 aromatic rings. The summed E-state index contributed by atoms with van der Waals surface area (Å²) < 4.78 is 5.45. The molecule has 0 amide bonds. The van der Waals surface area contributed by atoms with Crippen LogP contribution in [-0.2, 0) is 4.74 Å². The lowest BCUT2D eigenvalue weighted by Crippen LogP contribution is -2.08. The molecular weight excluding hydrogens is 186 g/mol. The molecule has 2 rings (SSSR count). The average molecular weight is 205 g/mol. The van der Waals surface area contributed by atoms with Crippen LogP contribution in [0.1, 0.15) is 48.9 Å². The van der Waals surface area contributed by atoms with Crippen molar-refractivity contribution in [2.24, 2.45) is 0 Å². The van der Waals surface area contributed by atoms with E-state index in [4.69, 9.17) is 4.74 Å². The highest BCUT2D eigenvalue weighted by atomic mass is 16.5. The molecule has 2 heteroatoms. The number of ether oxygens (including phenoxy) is 1. The molecule has 0 radical (unpaired) electrons. The summed E-state index contributed by atoms with van der Waals surface area (Å²) in [4.78, 5) is 4.56. The van der Waals surface area contributed by atoms with Gasteiger partial charge in [0, 0.05) is 24.4 Å². The van der Waals surface area contributed by atoms with Crippen LogP contribution >= 0.6 is 0 Å². The molecule has 2 nitrogen and oxygen atoms in total. The van der Waals surface area contributed by atoms with Gasteiger partial charge in [-0.15, -0.1) is 0 Å². The molecule has 1 fully saturated rings. The van der Waals surface area contributed by atoms with Crippen molar-refractivity contribution < 1.29 is 4.74 Å². The van der Waals surface area contributed by atoms with Gasteiger partial charge in [0.25, 0.3) is 0 Å². The third kappa shape index (κ3) is 2.05. The third-order valence-corrected chi connectivity index (χ3v) is 3.13. The lowest BCUT2D eigenvalue weighted by atomic mass is 9.90. The van der Waals surface area contributed by atoms with E-state index in [-0.39, 0.29) is 0 Å². The van der Waals surface area contributed by atoms with Crippen LogP contribution in [0.3, 0.4) is 0 Å². The van der Waals surface area contributed by atoms with E-state index in [2.05, 4.69) is 31.8 Å². The molecule has 0 aromatic carbocycles. The maximum atomic E-state index is 5.45. The maximum Gasteiger partial charge on any atom is 0.0550 e. The van der Waals surface area contributed by atoms with Crippen molar-refractivity contribution in [3.63, 3.8) is 0 Å². The number of aryl methyl sites for hydroxylation is 1. The summed E-state index contributed by atoms with van der Waals surface area (Å²) in [5.74, 6) is 1.07. The molecule has 0 N–H and O–H groups in total. The van der Waals surface area contributed by atoms with Gasteiger partial charge in [0.2, 0.25) is 0 Å². The largest absolute Gasteiger partial charge is 0.381 e. The molecule has 1 saturated heterocycles. The highest BCUT2D eigenvalue weighted by molar-refractivity contribution is 5.34. The van der Waals surface area contributed by atoms with Crippen LogP contribution in [0, 0.1) is 6.92 Å². The lowest BCUT2D eigenvalue weighted by Gasteiger charge is -2.18. The summed E-state index contributed by atoms with van der Waals surface area (Å²) in [5.41, 5.74) is 4.05. The van der Waals surface area contributed by atoms with Crippen molar-refractivity contribution in [1.29, 1.82) is 0 Å². The van der Waals surface area contributed by atoms with E-state index in [1.54, 1.807) is 0 Å². The number of pyridine rings is 1. The van der Waals surface area contributed by atoms with E-state index in [1.807, 2.05) is 6.20 Å². The van der Waals surface area contributed by atoms with E-state index in [0.29, 0.717) is 11.8 Å². The minimum atomic E-state index is 0.516. The first-order valence-electron chi connectivity index (χ1n) is 5.73. The Morgan fingerprint density at radius 3 is 2.87 bits per heavy atom. The lowest BCUT2D eigenvalue weighted by molar-refractivity contribution is 0.193. The zero-order valence-electron chi connectivity index (χ0n) is 9.79. The smallest absolute Gasteiger partial charge is 0.0550 e. The normalized spacial score (nSPS) is 21.2. The molecule has 82 valence electrons. The van der Waals surface area contributed by atoms with Gasteiger partial charge in [-0.25, -0.2) is 0 Å². The summed E-state index contributed by atoms with van der Waals surface area (Å²) in [6.07, 6.45) is 3.05. The standard InChI is InChI=1S/C13H19NO/c1-9(2)12-10(3)4-6-14-13(12)11-5-7-15-8-11/h4,6,9,11H,5,7-8H2,1-3H3. The topological polar surface area (TPSA) is 22.1 Å². The fourth-order valence-corrected chi connectivity index (χ4v) is 2.42. The second-order valence-electron chi connectivity index (χ2n) is 4.64. The van der Waals surface area contributed by atoms with Gasteiger partial charge in [-0.2, -0.15) is 0 Å². The zero-order chi connectivity index (χ0) is 10.8. The number of hydrogen-bond donors (Lipinski definition) is 0. The van der Waals surface area contributed by atoms with Crippen molar-refractivity contribution in [2.75, 3.05) is 13.2 Å². The number of nitrogens with zero attached hydrogens (tertiary/aromatic N) is 1.